The summed E-state index contributed by atoms with van der Waals surface area (Å²) in [5, 5.41) is 8.87. The van der Waals surface area contributed by atoms with Gasteiger partial charge in [0.2, 0.25) is 0 Å². The maximum atomic E-state index is 8.87. The minimum absolute atomic E-state index is 0.193. The molecule has 3 heteroatoms. The highest BCUT2D eigenvalue weighted by Gasteiger charge is 2.16. The molecule has 16 heavy (non-hydrogen) atoms. The predicted molar refractivity (Wildman–Crippen MR) is 62.4 cm³/mol. The number of benzene rings is 1. The fourth-order valence-corrected chi connectivity index (χ4v) is 1.19. The number of methoxy groups -OCH3 is 1. The number of hydrogen-bond acceptors (Lipinski definition) is 3. The van der Waals surface area contributed by atoms with Crippen molar-refractivity contribution >= 4 is 0 Å². The van der Waals surface area contributed by atoms with E-state index in [1.165, 1.54) is 0 Å². The molecule has 0 radical (unpaired) electrons. The van der Waals surface area contributed by atoms with Crippen LogP contribution < -0.4 is 4.74 Å². The van der Waals surface area contributed by atoms with E-state index in [9.17, 15) is 0 Å². The fourth-order valence-electron chi connectivity index (χ4n) is 1.19. The van der Waals surface area contributed by atoms with Crippen LogP contribution in [0.4, 0.5) is 0 Å². The summed E-state index contributed by atoms with van der Waals surface area (Å²) in [5.74, 6) is 0.636. The molecule has 1 aromatic carbocycles. The van der Waals surface area contributed by atoms with Gasteiger partial charge in [0, 0.05) is 13.5 Å². The summed E-state index contributed by atoms with van der Waals surface area (Å²) >= 11 is 0. The fraction of sp³-hybridized carbons (Fsp3) is 0.462. The Balaban J connectivity index is 2.53. The molecule has 0 saturated carbocycles. The van der Waals surface area contributed by atoms with Crippen molar-refractivity contribution < 1.29 is 9.47 Å². The lowest BCUT2D eigenvalue weighted by Crippen LogP contribution is -2.25. The van der Waals surface area contributed by atoms with Crippen molar-refractivity contribution in [1.82, 2.24) is 0 Å². The molecule has 0 N–H and O–H groups in total. The predicted octanol–water partition coefficient (Wildman–Crippen LogP) is 2.75. The standard InChI is InChI=1S/C13H17NO2/c1-13(2,15-3)8-9-16-12-7-5-4-6-11(12)10-14/h4-7H,8-9H2,1-3H3. The Morgan fingerprint density at radius 3 is 2.62 bits per heavy atom. The lowest BCUT2D eigenvalue weighted by Gasteiger charge is -2.22. The second kappa shape index (κ2) is 5.53. The van der Waals surface area contributed by atoms with Gasteiger partial charge in [-0.15, -0.1) is 0 Å². The monoisotopic (exact) mass is 219 g/mol. The lowest BCUT2D eigenvalue weighted by atomic mass is 10.1. The summed E-state index contributed by atoms with van der Waals surface area (Å²) in [5.41, 5.74) is 0.374. The Hall–Kier alpha value is -1.53. The van der Waals surface area contributed by atoms with Gasteiger partial charge in [-0.3, -0.25) is 0 Å². The van der Waals surface area contributed by atoms with Crippen molar-refractivity contribution in [2.24, 2.45) is 0 Å². The Kier molecular flexibility index (Phi) is 4.33. The highest BCUT2D eigenvalue weighted by Crippen LogP contribution is 2.19. The quantitative estimate of drug-likeness (QED) is 0.764. The van der Waals surface area contributed by atoms with Crippen molar-refractivity contribution in [3.63, 3.8) is 0 Å². The van der Waals surface area contributed by atoms with Crippen LogP contribution in [-0.4, -0.2) is 19.3 Å². The van der Waals surface area contributed by atoms with Crippen LogP contribution in [0.25, 0.3) is 0 Å². The molecule has 1 aromatic rings. The van der Waals surface area contributed by atoms with Gasteiger partial charge in [0.25, 0.3) is 0 Å². The van der Waals surface area contributed by atoms with Crippen LogP contribution >= 0.6 is 0 Å². The summed E-state index contributed by atoms with van der Waals surface area (Å²) < 4.78 is 10.9. The molecule has 86 valence electrons. The number of ether oxygens (including phenoxy) is 2. The van der Waals surface area contributed by atoms with Crippen LogP contribution in [0.1, 0.15) is 25.8 Å². The van der Waals surface area contributed by atoms with E-state index >= 15 is 0 Å². The van der Waals surface area contributed by atoms with Crippen LogP contribution in [0.15, 0.2) is 24.3 Å². The van der Waals surface area contributed by atoms with E-state index in [2.05, 4.69) is 6.07 Å². The van der Waals surface area contributed by atoms with Gasteiger partial charge in [0.15, 0.2) is 0 Å². The third kappa shape index (κ3) is 3.56. The maximum absolute atomic E-state index is 8.87. The smallest absolute Gasteiger partial charge is 0.137 e. The van der Waals surface area contributed by atoms with Gasteiger partial charge in [-0.2, -0.15) is 5.26 Å². The Labute approximate surface area is 96.6 Å². The Bertz CT molecular complexity index is 380. The second-order valence-corrected chi connectivity index (χ2v) is 4.17. The number of para-hydroxylation sites is 1. The van der Waals surface area contributed by atoms with Crippen LogP contribution in [-0.2, 0) is 4.74 Å². The van der Waals surface area contributed by atoms with Gasteiger partial charge < -0.3 is 9.47 Å². The van der Waals surface area contributed by atoms with E-state index in [0.717, 1.165) is 6.42 Å². The normalized spacial score (nSPS) is 10.9. The average molecular weight is 219 g/mol. The van der Waals surface area contributed by atoms with Gasteiger partial charge in [-0.1, -0.05) is 12.1 Å². The van der Waals surface area contributed by atoms with Crippen molar-refractivity contribution in [2.75, 3.05) is 13.7 Å². The van der Waals surface area contributed by atoms with E-state index in [4.69, 9.17) is 14.7 Å². The number of rotatable bonds is 5. The van der Waals surface area contributed by atoms with Crippen LogP contribution in [0, 0.1) is 11.3 Å². The van der Waals surface area contributed by atoms with E-state index in [1.54, 1.807) is 19.2 Å². The first-order valence-corrected chi connectivity index (χ1v) is 5.26. The zero-order valence-corrected chi connectivity index (χ0v) is 9.99. The largest absolute Gasteiger partial charge is 0.492 e. The molecule has 1 rings (SSSR count). The molecule has 0 aliphatic heterocycles. The van der Waals surface area contributed by atoms with E-state index < -0.39 is 0 Å². The summed E-state index contributed by atoms with van der Waals surface area (Å²) in [6, 6.07) is 9.33. The van der Waals surface area contributed by atoms with E-state index in [0.29, 0.717) is 17.9 Å². The topological polar surface area (TPSA) is 42.2 Å². The number of hydrogen-bond donors (Lipinski definition) is 0. The number of nitrogens with zero attached hydrogens (tertiary/aromatic N) is 1. The van der Waals surface area contributed by atoms with Gasteiger partial charge in [0.1, 0.15) is 11.8 Å². The SMILES string of the molecule is COC(C)(C)CCOc1ccccc1C#N. The zero-order chi connectivity index (χ0) is 12.0. The van der Waals surface area contributed by atoms with Crippen molar-refractivity contribution in [3.05, 3.63) is 29.8 Å². The molecule has 0 aliphatic carbocycles. The summed E-state index contributed by atoms with van der Waals surface area (Å²) in [6.07, 6.45) is 0.781. The first-order chi connectivity index (χ1) is 7.59. The highest BCUT2D eigenvalue weighted by atomic mass is 16.5. The maximum Gasteiger partial charge on any atom is 0.137 e. The molecule has 0 aliphatic rings. The molecule has 0 amide bonds. The van der Waals surface area contributed by atoms with E-state index in [1.807, 2.05) is 26.0 Å². The second-order valence-electron chi connectivity index (χ2n) is 4.17. The molecule has 0 aromatic heterocycles. The summed E-state index contributed by atoms with van der Waals surface area (Å²) in [4.78, 5) is 0. The van der Waals surface area contributed by atoms with Gasteiger partial charge in [0.05, 0.1) is 17.8 Å². The molecule has 0 atom stereocenters. The van der Waals surface area contributed by atoms with Crippen molar-refractivity contribution in [2.45, 2.75) is 25.9 Å². The number of nitriles is 1. The average Bonchev–Trinajstić information content (AvgIpc) is 2.29. The van der Waals surface area contributed by atoms with Crippen molar-refractivity contribution in [1.29, 1.82) is 5.26 Å². The summed E-state index contributed by atoms with van der Waals surface area (Å²) in [7, 11) is 1.68. The van der Waals surface area contributed by atoms with Crippen LogP contribution in [0.5, 0.6) is 5.75 Å². The van der Waals surface area contributed by atoms with Crippen LogP contribution in [0.2, 0.25) is 0 Å². The third-order valence-corrected chi connectivity index (χ3v) is 2.52. The molecular weight excluding hydrogens is 202 g/mol. The first kappa shape index (κ1) is 12.5. The van der Waals surface area contributed by atoms with Crippen LogP contribution in [0.3, 0.4) is 0 Å². The minimum Gasteiger partial charge on any atom is -0.492 e. The molecule has 0 unspecified atom stereocenters. The molecular formula is C13H17NO2. The molecule has 3 nitrogen and oxygen atoms in total. The highest BCUT2D eigenvalue weighted by molar-refractivity contribution is 5.42. The van der Waals surface area contributed by atoms with Crippen molar-refractivity contribution in [3.8, 4) is 11.8 Å². The molecule has 0 fully saturated rings. The minimum atomic E-state index is -0.193. The molecule has 0 bridgehead atoms. The molecule has 0 spiro atoms. The van der Waals surface area contributed by atoms with Gasteiger partial charge >= 0.3 is 0 Å². The zero-order valence-electron chi connectivity index (χ0n) is 9.99. The Morgan fingerprint density at radius 2 is 2.00 bits per heavy atom. The molecule has 0 saturated heterocycles. The van der Waals surface area contributed by atoms with Gasteiger partial charge in [-0.05, 0) is 26.0 Å². The van der Waals surface area contributed by atoms with E-state index in [-0.39, 0.29) is 5.60 Å². The Morgan fingerprint density at radius 1 is 1.31 bits per heavy atom. The summed E-state index contributed by atoms with van der Waals surface area (Å²) in [6.45, 7) is 4.55. The molecule has 0 heterocycles. The third-order valence-electron chi connectivity index (χ3n) is 2.52. The lowest BCUT2D eigenvalue weighted by molar-refractivity contribution is 0.00543. The first-order valence-electron chi connectivity index (χ1n) is 5.26. The van der Waals surface area contributed by atoms with Gasteiger partial charge in [-0.25, -0.2) is 0 Å².